The predicted octanol–water partition coefficient (Wildman–Crippen LogP) is 3.48. The molecule has 1 rings (SSSR count). The summed E-state index contributed by atoms with van der Waals surface area (Å²) >= 11 is 0. The van der Waals surface area contributed by atoms with Crippen LogP contribution in [-0.2, 0) is 4.74 Å². The Kier molecular flexibility index (Phi) is 5.64. The van der Waals surface area contributed by atoms with Crippen molar-refractivity contribution in [3.05, 3.63) is 48.3 Å². The summed E-state index contributed by atoms with van der Waals surface area (Å²) < 4.78 is 18.8. The summed E-state index contributed by atoms with van der Waals surface area (Å²) in [6, 6.07) is 4.73. The topological polar surface area (TPSA) is 55.4 Å². The van der Waals surface area contributed by atoms with Crippen LogP contribution >= 0.6 is 0 Å². The molecule has 4 nitrogen and oxygen atoms in total. The van der Waals surface area contributed by atoms with Gasteiger partial charge in [-0.1, -0.05) is 18.2 Å². The summed E-state index contributed by atoms with van der Waals surface area (Å²) in [5.74, 6) is -1.14. The highest BCUT2D eigenvalue weighted by Gasteiger charge is 2.25. The fourth-order valence-electron chi connectivity index (χ4n) is 1.70. The lowest BCUT2D eigenvalue weighted by Gasteiger charge is -2.22. The van der Waals surface area contributed by atoms with Crippen LogP contribution in [0.4, 0.5) is 9.18 Å². The Morgan fingerprint density at radius 2 is 2.00 bits per heavy atom. The average Bonchev–Trinajstić information content (AvgIpc) is 2.36. The molecule has 0 fully saturated rings. The monoisotopic (exact) mass is 293 g/mol. The number of halogens is 1. The summed E-state index contributed by atoms with van der Waals surface area (Å²) in [5, 5.41) is 2.45. The molecule has 0 aliphatic heterocycles. The first kappa shape index (κ1) is 16.9. The number of Topliss-reactive ketones (excluding diaryl/α,β-unsaturated/α-hetero) is 1. The van der Waals surface area contributed by atoms with E-state index in [1.807, 2.05) is 0 Å². The maximum atomic E-state index is 13.7. The summed E-state index contributed by atoms with van der Waals surface area (Å²) in [5.41, 5.74) is -0.746. The third-order valence-corrected chi connectivity index (χ3v) is 2.55. The van der Waals surface area contributed by atoms with Crippen LogP contribution < -0.4 is 5.32 Å². The number of rotatable bonds is 5. The Hall–Kier alpha value is -2.17. The number of ether oxygens (including phenoxy) is 1. The van der Waals surface area contributed by atoms with Gasteiger partial charge < -0.3 is 10.1 Å². The molecule has 1 N–H and O–H groups in total. The highest BCUT2D eigenvalue weighted by Crippen LogP contribution is 2.13. The van der Waals surface area contributed by atoms with Crippen LogP contribution in [0.1, 0.15) is 37.6 Å². The molecule has 1 atom stereocenters. The van der Waals surface area contributed by atoms with E-state index in [-0.39, 0.29) is 12.0 Å². The van der Waals surface area contributed by atoms with Gasteiger partial charge in [0, 0.05) is 0 Å². The number of amides is 1. The van der Waals surface area contributed by atoms with Crippen molar-refractivity contribution in [2.24, 2.45) is 0 Å². The van der Waals surface area contributed by atoms with Crippen molar-refractivity contribution in [2.45, 2.75) is 38.8 Å². The molecule has 0 saturated heterocycles. The quantitative estimate of drug-likeness (QED) is 0.668. The van der Waals surface area contributed by atoms with Gasteiger partial charge in [-0.2, -0.15) is 0 Å². The Morgan fingerprint density at radius 3 is 2.52 bits per heavy atom. The number of carbonyl (C=O) groups excluding carboxylic acids is 2. The number of carbonyl (C=O) groups is 2. The van der Waals surface area contributed by atoms with Gasteiger partial charge in [-0.15, -0.1) is 6.58 Å². The van der Waals surface area contributed by atoms with Crippen molar-refractivity contribution in [1.29, 1.82) is 0 Å². The van der Waals surface area contributed by atoms with E-state index in [0.29, 0.717) is 0 Å². The molecule has 1 unspecified atom stereocenters. The number of hydrogen-bond donors (Lipinski definition) is 1. The third kappa shape index (κ3) is 5.38. The van der Waals surface area contributed by atoms with Gasteiger partial charge in [0.15, 0.2) is 5.78 Å². The molecular weight excluding hydrogens is 273 g/mol. The molecule has 0 aliphatic carbocycles. The van der Waals surface area contributed by atoms with E-state index in [4.69, 9.17) is 4.74 Å². The molecule has 5 heteroatoms. The fraction of sp³-hybridized carbons (Fsp3) is 0.375. The standard InChI is InChI=1S/C16H20FNO3/c1-5-8-13(18-15(20)21-16(2,3)4)14(19)11-9-6-7-10-12(11)17/h5-7,9-10,13H,1,8H2,2-4H3,(H,18,20). The highest BCUT2D eigenvalue weighted by molar-refractivity contribution is 6.01. The first-order valence-corrected chi connectivity index (χ1v) is 6.63. The normalized spacial score (nSPS) is 12.4. The molecule has 1 aromatic rings. The highest BCUT2D eigenvalue weighted by atomic mass is 19.1. The molecule has 1 amide bonds. The average molecular weight is 293 g/mol. The lowest BCUT2D eigenvalue weighted by atomic mass is 10.0. The van der Waals surface area contributed by atoms with Gasteiger partial charge in [0.2, 0.25) is 0 Å². The van der Waals surface area contributed by atoms with Gasteiger partial charge in [-0.25, -0.2) is 9.18 Å². The number of ketones is 1. The van der Waals surface area contributed by atoms with Gasteiger partial charge in [-0.3, -0.25) is 4.79 Å². The second-order valence-corrected chi connectivity index (χ2v) is 5.57. The second-order valence-electron chi connectivity index (χ2n) is 5.57. The van der Waals surface area contributed by atoms with E-state index < -0.39 is 29.3 Å². The minimum absolute atomic E-state index is 0.0691. The SMILES string of the molecule is C=CCC(NC(=O)OC(C)(C)C)C(=O)c1ccccc1F. The fourth-order valence-corrected chi connectivity index (χ4v) is 1.70. The predicted molar refractivity (Wildman–Crippen MR) is 78.7 cm³/mol. The van der Waals surface area contributed by atoms with Crippen LogP contribution in [0, 0.1) is 5.82 Å². The number of benzene rings is 1. The zero-order chi connectivity index (χ0) is 16.0. The summed E-state index contributed by atoms with van der Waals surface area (Å²) in [4.78, 5) is 24.0. The van der Waals surface area contributed by atoms with Crippen molar-refractivity contribution in [1.82, 2.24) is 5.32 Å². The Balaban J connectivity index is 2.87. The first-order valence-electron chi connectivity index (χ1n) is 6.63. The largest absolute Gasteiger partial charge is 0.444 e. The van der Waals surface area contributed by atoms with Crippen molar-refractivity contribution >= 4 is 11.9 Å². The summed E-state index contributed by atoms with van der Waals surface area (Å²) in [7, 11) is 0. The molecule has 0 bridgehead atoms. The van der Waals surface area contributed by atoms with Crippen LogP contribution in [0.25, 0.3) is 0 Å². The van der Waals surface area contributed by atoms with Gasteiger partial charge in [-0.05, 0) is 39.3 Å². The van der Waals surface area contributed by atoms with Gasteiger partial charge in [0.1, 0.15) is 11.4 Å². The van der Waals surface area contributed by atoms with Gasteiger partial charge >= 0.3 is 6.09 Å². The Morgan fingerprint density at radius 1 is 1.38 bits per heavy atom. The van der Waals surface area contributed by atoms with Crippen molar-refractivity contribution < 1.29 is 18.7 Å². The molecule has 0 spiro atoms. The number of hydrogen-bond acceptors (Lipinski definition) is 3. The zero-order valence-electron chi connectivity index (χ0n) is 12.5. The van der Waals surface area contributed by atoms with Crippen LogP contribution in [0.2, 0.25) is 0 Å². The van der Waals surface area contributed by atoms with Gasteiger partial charge in [0.05, 0.1) is 11.6 Å². The van der Waals surface area contributed by atoms with E-state index >= 15 is 0 Å². The van der Waals surface area contributed by atoms with E-state index in [1.54, 1.807) is 26.8 Å². The lowest BCUT2D eigenvalue weighted by Crippen LogP contribution is -2.43. The number of alkyl carbamates (subject to hydrolysis) is 1. The van der Waals surface area contributed by atoms with Crippen molar-refractivity contribution in [3.63, 3.8) is 0 Å². The molecule has 0 aromatic heterocycles. The van der Waals surface area contributed by atoms with E-state index in [2.05, 4.69) is 11.9 Å². The molecule has 21 heavy (non-hydrogen) atoms. The maximum Gasteiger partial charge on any atom is 0.408 e. The third-order valence-electron chi connectivity index (χ3n) is 2.55. The minimum atomic E-state index is -0.908. The van der Waals surface area contributed by atoms with Crippen molar-refractivity contribution in [2.75, 3.05) is 0 Å². The number of nitrogens with one attached hydrogen (secondary N) is 1. The zero-order valence-corrected chi connectivity index (χ0v) is 12.5. The molecule has 0 saturated carbocycles. The smallest absolute Gasteiger partial charge is 0.408 e. The Labute approximate surface area is 124 Å². The summed E-state index contributed by atoms with van der Waals surface area (Å²) in [6.45, 7) is 8.69. The van der Waals surface area contributed by atoms with Crippen LogP contribution in [-0.4, -0.2) is 23.5 Å². The molecule has 0 heterocycles. The van der Waals surface area contributed by atoms with E-state index in [1.165, 1.54) is 24.3 Å². The maximum absolute atomic E-state index is 13.7. The molecular formula is C16H20FNO3. The Bertz CT molecular complexity index is 535. The van der Waals surface area contributed by atoms with Crippen LogP contribution in [0.5, 0.6) is 0 Å². The van der Waals surface area contributed by atoms with Crippen LogP contribution in [0.3, 0.4) is 0 Å². The molecule has 0 radical (unpaired) electrons. The first-order chi connectivity index (χ1) is 9.74. The van der Waals surface area contributed by atoms with Crippen molar-refractivity contribution in [3.8, 4) is 0 Å². The van der Waals surface area contributed by atoms with E-state index in [9.17, 15) is 14.0 Å². The van der Waals surface area contributed by atoms with Gasteiger partial charge in [0.25, 0.3) is 0 Å². The lowest BCUT2D eigenvalue weighted by molar-refractivity contribution is 0.0492. The van der Waals surface area contributed by atoms with Crippen LogP contribution in [0.15, 0.2) is 36.9 Å². The van der Waals surface area contributed by atoms with E-state index in [0.717, 1.165) is 0 Å². The molecule has 0 aliphatic rings. The minimum Gasteiger partial charge on any atom is -0.444 e. The summed E-state index contributed by atoms with van der Waals surface area (Å²) in [6.07, 6.45) is 0.951. The second kappa shape index (κ2) is 7.02. The molecule has 1 aromatic carbocycles. The molecule has 114 valence electrons.